The van der Waals surface area contributed by atoms with Crippen LogP contribution < -0.4 is 20.1 Å². The van der Waals surface area contributed by atoms with E-state index in [2.05, 4.69) is 10.6 Å². The predicted octanol–water partition coefficient (Wildman–Crippen LogP) is 3.72. The SMILES string of the molecule is COc1ccc(C[C@H](NC(=O)c2cccc(O)c2C)[C@H](O)C(=O)N2CSC(C)(C)C2C(=O)NCc2ccccc2C)cc1OC. The standard InChI is InChI=1S/C34H41N3O7S/c1-20-10-7-8-11-23(20)18-35-32(41)30-34(3,4)45-19-37(30)33(42)29(39)25(16-22-14-15-27(43-5)28(17-22)44-6)36-31(40)24-12-9-13-26(38)21(24)2/h7-15,17,25,29-30,38-39H,16,18-19H2,1-6H3,(H,35,41)(H,36,40)/t25-,29-,30?/m0/s1. The van der Waals surface area contributed by atoms with Crippen LogP contribution in [0.2, 0.25) is 0 Å². The highest BCUT2D eigenvalue weighted by molar-refractivity contribution is 8.00. The third-order valence-corrected chi connectivity index (χ3v) is 9.57. The minimum atomic E-state index is -1.69. The largest absolute Gasteiger partial charge is 0.508 e. The van der Waals surface area contributed by atoms with Crippen molar-refractivity contribution in [1.82, 2.24) is 15.5 Å². The zero-order valence-corrected chi connectivity index (χ0v) is 27.2. The molecule has 3 atom stereocenters. The summed E-state index contributed by atoms with van der Waals surface area (Å²) in [7, 11) is 3.02. The van der Waals surface area contributed by atoms with Gasteiger partial charge in [-0.15, -0.1) is 11.8 Å². The highest BCUT2D eigenvalue weighted by atomic mass is 32.2. The Balaban J connectivity index is 1.61. The molecule has 0 aliphatic carbocycles. The number of aromatic hydroxyl groups is 1. The molecule has 0 saturated carbocycles. The van der Waals surface area contributed by atoms with E-state index in [1.165, 1.54) is 36.9 Å². The minimum absolute atomic E-state index is 0.0495. The number of nitrogens with zero attached hydrogens (tertiary/aromatic N) is 1. The van der Waals surface area contributed by atoms with Gasteiger partial charge in [-0.05, 0) is 75.1 Å². The van der Waals surface area contributed by atoms with E-state index in [1.54, 1.807) is 37.3 Å². The molecule has 10 nitrogen and oxygen atoms in total. The fourth-order valence-electron chi connectivity index (χ4n) is 5.46. The maximum Gasteiger partial charge on any atom is 0.254 e. The van der Waals surface area contributed by atoms with Crippen LogP contribution in [0.1, 0.15) is 46.5 Å². The van der Waals surface area contributed by atoms with E-state index in [-0.39, 0.29) is 29.5 Å². The molecule has 240 valence electrons. The number of aryl methyl sites for hydroxylation is 1. The van der Waals surface area contributed by atoms with Crippen molar-refractivity contribution in [2.75, 3.05) is 20.1 Å². The molecule has 0 spiro atoms. The number of aliphatic hydroxyl groups excluding tert-OH is 1. The number of carbonyl (C=O) groups excluding carboxylic acids is 3. The lowest BCUT2D eigenvalue weighted by molar-refractivity contribution is -0.147. The summed E-state index contributed by atoms with van der Waals surface area (Å²) in [6.07, 6.45) is -1.63. The van der Waals surface area contributed by atoms with Crippen LogP contribution in [-0.4, -0.2) is 75.9 Å². The monoisotopic (exact) mass is 635 g/mol. The Bertz CT molecular complexity index is 1560. The molecule has 11 heteroatoms. The molecule has 0 radical (unpaired) electrons. The third kappa shape index (κ3) is 7.54. The molecule has 4 N–H and O–H groups in total. The quantitative estimate of drug-likeness (QED) is 0.250. The molecule has 3 amide bonds. The summed E-state index contributed by atoms with van der Waals surface area (Å²) < 4.78 is 10.1. The summed E-state index contributed by atoms with van der Waals surface area (Å²) in [6, 6.07) is 15.5. The van der Waals surface area contributed by atoms with Gasteiger partial charge in [0.05, 0.1) is 26.1 Å². The number of hydrogen-bond donors (Lipinski definition) is 4. The van der Waals surface area contributed by atoms with E-state index >= 15 is 0 Å². The normalized spacial score (nSPS) is 16.9. The van der Waals surface area contributed by atoms with Crippen molar-refractivity contribution in [1.29, 1.82) is 0 Å². The molecule has 3 aromatic rings. The predicted molar refractivity (Wildman–Crippen MR) is 174 cm³/mol. The average Bonchev–Trinajstić information content (AvgIpc) is 3.35. The highest BCUT2D eigenvalue weighted by Gasteiger charge is 2.49. The summed E-state index contributed by atoms with van der Waals surface area (Å²) in [6.45, 7) is 7.66. The molecule has 4 rings (SSSR count). The van der Waals surface area contributed by atoms with Crippen molar-refractivity contribution in [2.24, 2.45) is 0 Å². The van der Waals surface area contributed by atoms with Crippen molar-refractivity contribution in [3.8, 4) is 17.2 Å². The number of amides is 3. The number of phenols is 1. The molecule has 0 bridgehead atoms. The van der Waals surface area contributed by atoms with Gasteiger partial charge in [-0.1, -0.05) is 36.4 Å². The van der Waals surface area contributed by atoms with Crippen molar-refractivity contribution in [3.05, 3.63) is 88.5 Å². The van der Waals surface area contributed by atoms with E-state index in [9.17, 15) is 24.6 Å². The average molecular weight is 636 g/mol. The Labute approximate surface area is 268 Å². The van der Waals surface area contributed by atoms with Crippen molar-refractivity contribution in [2.45, 2.75) is 63.6 Å². The molecular weight excluding hydrogens is 594 g/mol. The molecule has 1 heterocycles. The van der Waals surface area contributed by atoms with Gasteiger partial charge in [-0.3, -0.25) is 14.4 Å². The Morgan fingerprint density at radius 3 is 2.42 bits per heavy atom. The topological polar surface area (TPSA) is 137 Å². The summed E-state index contributed by atoms with van der Waals surface area (Å²) in [5.41, 5.74) is 3.24. The summed E-state index contributed by atoms with van der Waals surface area (Å²) >= 11 is 1.44. The lowest BCUT2D eigenvalue weighted by atomic mass is 9.96. The van der Waals surface area contributed by atoms with Crippen LogP contribution in [0.5, 0.6) is 17.2 Å². The molecule has 1 fully saturated rings. The zero-order chi connectivity index (χ0) is 32.9. The number of thioether (sulfide) groups is 1. The van der Waals surface area contributed by atoms with Crippen LogP contribution in [0.15, 0.2) is 60.7 Å². The molecule has 3 aromatic carbocycles. The molecule has 1 saturated heterocycles. The van der Waals surface area contributed by atoms with Gasteiger partial charge in [0.1, 0.15) is 11.8 Å². The second-order valence-electron chi connectivity index (χ2n) is 11.6. The van der Waals surface area contributed by atoms with Gasteiger partial charge in [0, 0.05) is 22.4 Å². The van der Waals surface area contributed by atoms with Crippen LogP contribution >= 0.6 is 11.8 Å². The number of benzene rings is 3. The number of ether oxygens (including phenoxy) is 2. The van der Waals surface area contributed by atoms with Crippen molar-refractivity contribution in [3.63, 3.8) is 0 Å². The first kappa shape index (κ1) is 33.7. The Hall–Kier alpha value is -4.22. The molecule has 0 aromatic heterocycles. The van der Waals surface area contributed by atoms with Gasteiger partial charge in [0.25, 0.3) is 11.8 Å². The van der Waals surface area contributed by atoms with Gasteiger partial charge < -0.3 is 35.2 Å². The first-order chi connectivity index (χ1) is 21.4. The molecular formula is C34H41N3O7S. The lowest BCUT2D eigenvalue weighted by Crippen LogP contribution is -2.58. The van der Waals surface area contributed by atoms with E-state index in [4.69, 9.17) is 9.47 Å². The molecule has 1 aliphatic heterocycles. The number of carbonyl (C=O) groups is 3. The maximum absolute atomic E-state index is 14.0. The first-order valence-corrected chi connectivity index (χ1v) is 15.6. The van der Waals surface area contributed by atoms with E-state index in [0.29, 0.717) is 29.2 Å². The fourth-order valence-corrected chi connectivity index (χ4v) is 6.60. The summed E-state index contributed by atoms with van der Waals surface area (Å²) in [5, 5.41) is 27.6. The van der Waals surface area contributed by atoms with Gasteiger partial charge in [0.15, 0.2) is 17.6 Å². The zero-order valence-electron chi connectivity index (χ0n) is 26.4. The molecule has 1 unspecified atom stereocenters. The van der Waals surface area contributed by atoms with Crippen molar-refractivity contribution >= 4 is 29.5 Å². The van der Waals surface area contributed by atoms with Gasteiger partial charge in [0.2, 0.25) is 5.91 Å². The van der Waals surface area contributed by atoms with Crippen LogP contribution in [0.3, 0.4) is 0 Å². The number of hydrogen-bond acceptors (Lipinski definition) is 8. The number of aliphatic hydroxyl groups is 1. The van der Waals surface area contributed by atoms with Gasteiger partial charge in [-0.2, -0.15) is 0 Å². The maximum atomic E-state index is 14.0. The fraction of sp³-hybridized carbons (Fsp3) is 0.382. The molecule has 45 heavy (non-hydrogen) atoms. The Morgan fingerprint density at radius 2 is 1.73 bits per heavy atom. The Morgan fingerprint density at radius 1 is 1.02 bits per heavy atom. The Kier molecular flexibility index (Phi) is 10.7. The van der Waals surface area contributed by atoms with Crippen LogP contribution in [0.25, 0.3) is 0 Å². The van der Waals surface area contributed by atoms with Crippen LogP contribution in [0.4, 0.5) is 0 Å². The smallest absolute Gasteiger partial charge is 0.254 e. The van der Waals surface area contributed by atoms with Crippen LogP contribution in [-0.2, 0) is 22.6 Å². The highest BCUT2D eigenvalue weighted by Crippen LogP contribution is 2.40. The number of nitrogens with one attached hydrogen (secondary N) is 2. The summed E-state index contributed by atoms with van der Waals surface area (Å²) in [4.78, 5) is 42.4. The third-order valence-electron chi connectivity index (χ3n) is 8.20. The first-order valence-electron chi connectivity index (χ1n) is 14.6. The number of rotatable bonds is 11. The van der Waals surface area contributed by atoms with Crippen molar-refractivity contribution < 1.29 is 34.1 Å². The second-order valence-corrected chi connectivity index (χ2v) is 13.2. The minimum Gasteiger partial charge on any atom is -0.508 e. The van der Waals surface area contributed by atoms with E-state index in [0.717, 1.165) is 11.1 Å². The number of methoxy groups -OCH3 is 2. The van der Waals surface area contributed by atoms with E-state index < -0.39 is 34.7 Å². The van der Waals surface area contributed by atoms with Gasteiger partial charge >= 0.3 is 0 Å². The van der Waals surface area contributed by atoms with E-state index in [1.807, 2.05) is 45.0 Å². The lowest BCUT2D eigenvalue weighted by Gasteiger charge is -2.33. The van der Waals surface area contributed by atoms with Gasteiger partial charge in [-0.25, -0.2) is 0 Å². The second kappa shape index (κ2) is 14.3. The van der Waals surface area contributed by atoms with Crippen LogP contribution in [0, 0.1) is 13.8 Å². The number of phenolic OH excluding ortho intramolecular Hbond substituents is 1. The summed E-state index contributed by atoms with van der Waals surface area (Å²) in [5.74, 6) is -0.478. The molecule has 1 aliphatic rings.